The summed E-state index contributed by atoms with van der Waals surface area (Å²) in [6, 6.07) is 23.8. The Bertz CT molecular complexity index is 1570. The molecule has 3 aliphatic rings. The highest BCUT2D eigenvalue weighted by Crippen LogP contribution is 2.34. The molecule has 1 N–H and O–H groups in total. The fraction of sp³-hybridized carbons (Fsp3) is 0.258. The van der Waals surface area contributed by atoms with Crippen LogP contribution in [0.2, 0.25) is 0 Å². The van der Waals surface area contributed by atoms with Gasteiger partial charge < -0.3 is 19.9 Å². The summed E-state index contributed by atoms with van der Waals surface area (Å²) in [4.78, 5) is 54.6. The lowest BCUT2D eigenvalue weighted by atomic mass is 10.1. The fourth-order valence-electron chi connectivity index (χ4n) is 5.21. The molecule has 0 aromatic heterocycles. The summed E-state index contributed by atoms with van der Waals surface area (Å²) in [5.74, 6) is 0.479. The van der Waals surface area contributed by atoms with Gasteiger partial charge in [0.1, 0.15) is 17.6 Å². The normalized spacial score (nSPS) is 17.7. The van der Waals surface area contributed by atoms with E-state index in [1.165, 1.54) is 4.90 Å². The van der Waals surface area contributed by atoms with Crippen molar-refractivity contribution in [3.63, 3.8) is 0 Å². The van der Waals surface area contributed by atoms with Crippen LogP contribution in [0.25, 0.3) is 0 Å². The Morgan fingerprint density at radius 3 is 2.52 bits per heavy atom. The molecule has 3 aromatic rings. The van der Waals surface area contributed by atoms with Gasteiger partial charge in [-0.15, -0.1) is 0 Å². The van der Waals surface area contributed by atoms with Crippen molar-refractivity contribution in [1.29, 1.82) is 0 Å². The number of benzene rings is 3. The van der Waals surface area contributed by atoms with E-state index in [-0.39, 0.29) is 29.9 Å². The summed E-state index contributed by atoms with van der Waals surface area (Å²) < 4.78 is 5.22. The number of carbonyl (C=O) groups excluding carboxylic acids is 3. The second-order valence-corrected chi connectivity index (χ2v) is 11.0. The lowest BCUT2D eigenvalue weighted by Crippen LogP contribution is -2.49. The molecule has 0 saturated carbocycles. The van der Waals surface area contributed by atoms with Gasteiger partial charge in [-0.25, -0.2) is 9.89 Å². The number of thioether (sulfide) groups is 1. The van der Waals surface area contributed by atoms with Crippen molar-refractivity contribution in [2.75, 3.05) is 49.3 Å². The van der Waals surface area contributed by atoms with Crippen molar-refractivity contribution in [2.24, 2.45) is 9.98 Å². The highest BCUT2D eigenvalue weighted by atomic mass is 32.2. The van der Waals surface area contributed by atoms with Crippen LogP contribution in [0.15, 0.2) is 88.8 Å². The highest BCUT2D eigenvalue weighted by molar-refractivity contribution is 8.14. The van der Waals surface area contributed by atoms with Crippen molar-refractivity contribution in [3.05, 3.63) is 84.4 Å². The van der Waals surface area contributed by atoms with Gasteiger partial charge in [-0.3, -0.25) is 19.4 Å². The molecule has 42 heavy (non-hydrogen) atoms. The number of anilines is 2. The minimum Gasteiger partial charge on any atom is -0.497 e. The van der Waals surface area contributed by atoms with Gasteiger partial charge in [0.2, 0.25) is 11.8 Å². The van der Waals surface area contributed by atoms with Crippen LogP contribution in [0.4, 0.5) is 17.1 Å². The number of fused-ring (bicyclic) bond motifs is 3. The maximum Gasteiger partial charge on any atom is 0.259 e. The number of amides is 3. The third kappa shape index (κ3) is 5.73. The molecule has 3 amide bonds. The number of methoxy groups -OCH3 is 1. The number of nitrogens with one attached hydrogen (secondary N) is 1. The molecule has 6 rings (SSSR count). The maximum absolute atomic E-state index is 13.6. The van der Waals surface area contributed by atoms with Crippen molar-refractivity contribution >= 4 is 57.5 Å². The topological polar surface area (TPSA) is 107 Å². The zero-order valence-electron chi connectivity index (χ0n) is 23.1. The predicted molar refractivity (Wildman–Crippen MR) is 165 cm³/mol. The van der Waals surface area contributed by atoms with Crippen LogP contribution in [0.1, 0.15) is 12.0 Å². The Balaban J connectivity index is 1.12. The van der Waals surface area contributed by atoms with E-state index in [1.807, 2.05) is 47.4 Å². The molecule has 3 aromatic carbocycles. The fourth-order valence-corrected chi connectivity index (χ4v) is 6.01. The average Bonchev–Trinajstić information content (AvgIpc) is 3.36. The van der Waals surface area contributed by atoms with Crippen molar-refractivity contribution in [3.8, 4) is 5.75 Å². The number of amidine groups is 2. The molecule has 3 heterocycles. The smallest absolute Gasteiger partial charge is 0.259 e. The Morgan fingerprint density at radius 1 is 0.976 bits per heavy atom. The molecule has 11 heteroatoms. The van der Waals surface area contributed by atoms with Crippen LogP contribution in [0.3, 0.4) is 0 Å². The van der Waals surface area contributed by atoms with Gasteiger partial charge in [0.15, 0.2) is 5.17 Å². The summed E-state index contributed by atoms with van der Waals surface area (Å²) >= 11 is 1.16. The highest BCUT2D eigenvalue weighted by Gasteiger charge is 2.42. The third-order valence-electron chi connectivity index (χ3n) is 7.36. The first-order valence-corrected chi connectivity index (χ1v) is 14.7. The summed E-state index contributed by atoms with van der Waals surface area (Å²) in [5.41, 5.74) is 3.14. The van der Waals surface area contributed by atoms with E-state index in [0.29, 0.717) is 41.2 Å². The van der Waals surface area contributed by atoms with Crippen molar-refractivity contribution in [2.45, 2.75) is 12.5 Å². The summed E-state index contributed by atoms with van der Waals surface area (Å²) in [6.45, 7) is 2.63. The first-order chi connectivity index (χ1) is 20.5. The van der Waals surface area contributed by atoms with E-state index in [0.717, 1.165) is 36.1 Å². The second kappa shape index (κ2) is 12.1. The lowest BCUT2D eigenvalue weighted by Gasteiger charge is -2.36. The number of aliphatic imine (C=N–C) groups is 2. The van der Waals surface area contributed by atoms with E-state index in [1.54, 1.807) is 31.4 Å². The van der Waals surface area contributed by atoms with Crippen molar-refractivity contribution < 1.29 is 19.1 Å². The Morgan fingerprint density at radius 2 is 1.74 bits per heavy atom. The first-order valence-electron chi connectivity index (χ1n) is 13.7. The maximum atomic E-state index is 13.6. The number of carbonyl (C=O) groups is 3. The van der Waals surface area contributed by atoms with E-state index in [4.69, 9.17) is 9.73 Å². The van der Waals surface area contributed by atoms with Crippen LogP contribution in [-0.2, 0) is 14.4 Å². The Kier molecular flexibility index (Phi) is 7.91. The number of hydrogen-bond acceptors (Lipinski definition) is 8. The summed E-state index contributed by atoms with van der Waals surface area (Å²) in [6.07, 6.45) is -0.0133. The monoisotopic (exact) mass is 582 g/mol. The SMILES string of the molecule is COc1cccc(NC(=O)CSC2=Nc3ccccc3C3=N[C@H](CC(=O)N4CCN(c5ccccc5)CC4)C(=O)N23)c1. The first kappa shape index (κ1) is 27.5. The molecule has 10 nitrogen and oxygen atoms in total. The van der Waals surface area contributed by atoms with Crippen molar-refractivity contribution in [1.82, 2.24) is 9.80 Å². The zero-order chi connectivity index (χ0) is 29.1. The van der Waals surface area contributed by atoms with E-state index in [2.05, 4.69) is 27.3 Å². The van der Waals surface area contributed by atoms with Crippen LogP contribution < -0.4 is 15.0 Å². The minimum atomic E-state index is -0.845. The van der Waals surface area contributed by atoms with Crippen LogP contribution in [-0.4, -0.2) is 83.6 Å². The average molecular weight is 583 g/mol. The van der Waals surface area contributed by atoms with E-state index < -0.39 is 6.04 Å². The van der Waals surface area contributed by atoms with Gasteiger partial charge in [0.25, 0.3) is 5.91 Å². The minimum absolute atomic E-state index is 0.0133. The van der Waals surface area contributed by atoms with E-state index >= 15 is 0 Å². The van der Waals surface area contributed by atoms with Crippen LogP contribution >= 0.6 is 11.8 Å². The molecule has 214 valence electrons. The van der Waals surface area contributed by atoms with Crippen LogP contribution in [0.5, 0.6) is 5.75 Å². The van der Waals surface area contributed by atoms with Gasteiger partial charge in [-0.2, -0.15) is 0 Å². The molecule has 3 aliphatic heterocycles. The molecular weight excluding hydrogens is 552 g/mol. The molecule has 1 atom stereocenters. The third-order valence-corrected chi connectivity index (χ3v) is 8.29. The van der Waals surface area contributed by atoms with Gasteiger partial charge in [-0.05, 0) is 36.4 Å². The molecule has 1 fully saturated rings. The standard InChI is InChI=1S/C31H30N6O4S/c1-41-23-11-7-8-21(18-23)32-27(38)20-42-31-34-25-13-6-5-12-24(25)29-33-26(30(40)37(29)31)19-28(39)36-16-14-35(15-17-36)22-9-3-2-4-10-22/h2-13,18,26H,14-17,19-20H2,1H3,(H,32,38)/t26-/m1/s1. The quantitative estimate of drug-likeness (QED) is 0.455. The number of ether oxygens (including phenoxy) is 1. The van der Waals surface area contributed by atoms with Gasteiger partial charge >= 0.3 is 0 Å². The van der Waals surface area contributed by atoms with Crippen LogP contribution in [0, 0.1) is 0 Å². The largest absolute Gasteiger partial charge is 0.497 e. The molecule has 0 radical (unpaired) electrons. The van der Waals surface area contributed by atoms with Gasteiger partial charge in [0.05, 0.1) is 25.0 Å². The van der Waals surface area contributed by atoms with Gasteiger partial charge in [0, 0.05) is 49.2 Å². The Hall–Kier alpha value is -4.64. The Labute approximate surface area is 248 Å². The molecule has 0 spiro atoms. The summed E-state index contributed by atoms with van der Waals surface area (Å²) in [7, 11) is 1.56. The molecule has 0 bridgehead atoms. The second-order valence-electron chi connectivity index (χ2n) is 10.0. The summed E-state index contributed by atoms with van der Waals surface area (Å²) in [5, 5.41) is 3.21. The number of nitrogens with zero attached hydrogens (tertiary/aromatic N) is 5. The number of piperazine rings is 1. The molecular formula is C31H30N6O4S. The molecule has 0 aliphatic carbocycles. The van der Waals surface area contributed by atoms with E-state index in [9.17, 15) is 14.4 Å². The predicted octanol–water partition coefficient (Wildman–Crippen LogP) is 3.76. The molecule has 1 saturated heterocycles. The molecule has 0 unspecified atom stereocenters. The number of para-hydroxylation sites is 2. The number of hydrogen-bond donors (Lipinski definition) is 1. The zero-order valence-corrected chi connectivity index (χ0v) is 23.9. The lowest BCUT2D eigenvalue weighted by molar-refractivity contribution is -0.135. The number of rotatable bonds is 7. The van der Waals surface area contributed by atoms with Gasteiger partial charge in [-0.1, -0.05) is 48.2 Å².